The van der Waals surface area contributed by atoms with Crippen LogP contribution in [0.3, 0.4) is 0 Å². The molecule has 0 saturated heterocycles. The van der Waals surface area contributed by atoms with E-state index in [9.17, 15) is 0 Å². The highest BCUT2D eigenvalue weighted by Gasteiger charge is 2.62. The summed E-state index contributed by atoms with van der Waals surface area (Å²) in [6.07, 6.45) is 9.54. The molecule has 0 bridgehead atoms. The summed E-state index contributed by atoms with van der Waals surface area (Å²) in [5.74, 6) is 0. The standard InChI is InChI=1S/C79H86BN3/c1-72(2,3)51-44-62-71-64(45-51)80-63-35-32-54(81(52-30-33-58-60(46-52)75(8,9)40-38-73(58,4)5)53-31-34-59-61(47-53)76(10,11)41-39-74(59,6)7)48-66(63)82(65-29-23-27-56-55-26-19-20-28-57(55)77(12,13)69(56)65)67-42-50(49-24-17-16-18-25-49)43-68(70(67)80)83(71)79(15)37-22-21-36-78(62,79)14/h16-20,23-35,42-48H,21-22,36-41H2,1-15H3. The highest BCUT2D eigenvalue weighted by atomic mass is 15.3. The molecule has 1 saturated carbocycles. The molecule has 8 aromatic carbocycles. The fourth-order valence-electron chi connectivity index (χ4n) is 17.8. The molecule has 7 aliphatic rings. The first kappa shape index (κ1) is 53.0. The summed E-state index contributed by atoms with van der Waals surface area (Å²) in [6.45, 7) is 37.3. The van der Waals surface area contributed by atoms with Crippen molar-refractivity contribution in [2.24, 2.45) is 0 Å². The van der Waals surface area contributed by atoms with Gasteiger partial charge in [-0.05, 0) is 210 Å². The van der Waals surface area contributed by atoms with Gasteiger partial charge in [-0.15, -0.1) is 0 Å². The quantitative estimate of drug-likeness (QED) is 0.159. The van der Waals surface area contributed by atoms with Crippen LogP contribution in [0.15, 0.2) is 152 Å². The average molecular weight is 1090 g/mol. The molecule has 4 heteroatoms. The predicted octanol–water partition coefficient (Wildman–Crippen LogP) is 19.5. The zero-order chi connectivity index (χ0) is 57.9. The fraction of sp³-hybridized carbons (Fsp3) is 0.392. The molecular formula is C79H86BN3. The monoisotopic (exact) mass is 1090 g/mol. The van der Waals surface area contributed by atoms with E-state index in [0.29, 0.717) is 0 Å². The maximum Gasteiger partial charge on any atom is 0.252 e. The van der Waals surface area contributed by atoms with Crippen LogP contribution in [0.25, 0.3) is 22.3 Å². The van der Waals surface area contributed by atoms with E-state index in [1.54, 1.807) is 5.56 Å². The Hall–Kier alpha value is -6.78. The van der Waals surface area contributed by atoms with Crippen molar-refractivity contribution in [3.8, 4) is 22.3 Å². The second-order valence-corrected chi connectivity index (χ2v) is 31.4. The second-order valence-electron chi connectivity index (χ2n) is 31.4. The Morgan fingerprint density at radius 2 is 0.988 bits per heavy atom. The van der Waals surface area contributed by atoms with Crippen molar-refractivity contribution in [2.45, 2.75) is 199 Å². The Morgan fingerprint density at radius 1 is 0.422 bits per heavy atom. The molecule has 0 N–H and O–H groups in total. The molecule has 8 aromatic rings. The number of anilines is 8. The van der Waals surface area contributed by atoms with Gasteiger partial charge in [0.15, 0.2) is 0 Å². The topological polar surface area (TPSA) is 9.72 Å². The van der Waals surface area contributed by atoms with E-state index in [0.717, 1.165) is 19.3 Å². The smallest absolute Gasteiger partial charge is 0.252 e. The van der Waals surface area contributed by atoms with E-state index in [1.807, 2.05) is 0 Å². The lowest BCUT2D eigenvalue weighted by Gasteiger charge is -2.53. The number of hydrogen-bond donors (Lipinski definition) is 0. The van der Waals surface area contributed by atoms with Gasteiger partial charge in [0.2, 0.25) is 0 Å². The summed E-state index contributed by atoms with van der Waals surface area (Å²) >= 11 is 0. The summed E-state index contributed by atoms with van der Waals surface area (Å²) in [7, 11) is 0. The van der Waals surface area contributed by atoms with Gasteiger partial charge in [-0.1, -0.05) is 207 Å². The zero-order valence-corrected chi connectivity index (χ0v) is 52.5. The first-order valence-electron chi connectivity index (χ1n) is 31.8. The molecule has 0 spiro atoms. The molecule has 3 nitrogen and oxygen atoms in total. The Morgan fingerprint density at radius 3 is 1.64 bits per heavy atom. The lowest BCUT2D eigenvalue weighted by molar-refractivity contribution is 0.195. The van der Waals surface area contributed by atoms with Crippen LogP contribution in [0, 0.1) is 0 Å². The first-order chi connectivity index (χ1) is 39.3. The van der Waals surface area contributed by atoms with Gasteiger partial charge in [-0.25, -0.2) is 0 Å². The number of nitrogens with zero attached hydrogens (tertiary/aromatic N) is 3. The molecule has 15 rings (SSSR count). The molecule has 3 heterocycles. The Balaban J connectivity index is 1.07. The van der Waals surface area contributed by atoms with Crippen molar-refractivity contribution in [3.63, 3.8) is 0 Å². The molecule has 2 atom stereocenters. The summed E-state index contributed by atoms with van der Waals surface area (Å²) < 4.78 is 0. The van der Waals surface area contributed by atoms with E-state index in [-0.39, 0.29) is 50.2 Å². The summed E-state index contributed by atoms with van der Waals surface area (Å²) in [4.78, 5) is 8.36. The number of benzene rings is 8. The Bertz CT molecular complexity index is 3990. The van der Waals surface area contributed by atoms with Crippen LogP contribution in [-0.2, 0) is 37.9 Å². The van der Waals surface area contributed by atoms with Crippen molar-refractivity contribution < 1.29 is 0 Å². The predicted molar refractivity (Wildman–Crippen MR) is 356 cm³/mol. The Labute approximate surface area is 497 Å². The van der Waals surface area contributed by atoms with Crippen LogP contribution in [0.4, 0.5) is 45.5 Å². The van der Waals surface area contributed by atoms with Crippen LogP contribution >= 0.6 is 0 Å². The molecule has 420 valence electrons. The zero-order valence-electron chi connectivity index (χ0n) is 52.5. The largest absolute Gasteiger partial charge is 0.335 e. The molecule has 0 amide bonds. The molecule has 4 aliphatic carbocycles. The third kappa shape index (κ3) is 7.29. The highest BCUT2D eigenvalue weighted by molar-refractivity contribution is 7.00. The number of hydrogen-bond acceptors (Lipinski definition) is 3. The van der Waals surface area contributed by atoms with Gasteiger partial charge in [-0.3, -0.25) is 0 Å². The normalized spacial score (nSPS) is 22.8. The summed E-state index contributed by atoms with van der Waals surface area (Å²) in [6, 6.07) is 61.1. The van der Waals surface area contributed by atoms with E-state index >= 15 is 0 Å². The third-order valence-corrected chi connectivity index (χ3v) is 23.2. The SMILES string of the molecule is CC(C)(C)c1cc2c3c(c1)C1(C)CCCCC1(C)N3c1cc(-c3ccccc3)cc3c1B2c1ccc(N(c2ccc4c(c2)C(C)(C)CCC4(C)C)c2ccc4c(c2)C(C)(C)CCC4(C)C)cc1N3c1cccc2c1C(C)(C)c1ccccc1-2. The van der Waals surface area contributed by atoms with Gasteiger partial charge in [0, 0.05) is 50.6 Å². The van der Waals surface area contributed by atoms with E-state index in [4.69, 9.17) is 0 Å². The average Bonchev–Trinajstić information content (AvgIpc) is 1.73. The van der Waals surface area contributed by atoms with Crippen LogP contribution in [0.1, 0.15) is 200 Å². The molecule has 1 fully saturated rings. The fourth-order valence-corrected chi connectivity index (χ4v) is 17.8. The maximum absolute atomic E-state index is 2.93. The van der Waals surface area contributed by atoms with Crippen LogP contribution in [-0.4, -0.2) is 12.3 Å². The second kappa shape index (κ2) is 17.2. The van der Waals surface area contributed by atoms with E-state index in [1.165, 1.54) is 155 Å². The number of fused-ring (bicyclic) bond motifs is 12. The van der Waals surface area contributed by atoms with Crippen molar-refractivity contribution in [1.82, 2.24) is 0 Å². The molecule has 83 heavy (non-hydrogen) atoms. The first-order valence-corrected chi connectivity index (χ1v) is 31.8. The van der Waals surface area contributed by atoms with Gasteiger partial charge in [0.1, 0.15) is 0 Å². The van der Waals surface area contributed by atoms with Crippen molar-refractivity contribution in [2.75, 3.05) is 14.7 Å². The summed E-state index contributed by atoms with van der Waals surface area (Å²) in [5, 5.41) is 0. The van der Waals surface area contributed by atoms with Crippen LogP contribution in [0.5, 0.6) is 0 Å². The van der Waals surface area contributed by atoms with Crippen molar-refractivity contribution in [3.05, 3.63) is 196 Å². The molecular weight excluding hydrogens is 1000 g/mol. The van der Waals surface area contributed by atoms with Gasteiger partial charge in [0.05, 0.1) is 11.2 Å². The minimum Gasteiger partial charge on any atom is -0.335 e. The van der Waals surface area contributed by atoms with E-state index in [2.05, 4.69) is 270 Å². The van der Waals surface area contributed by atoms with Gasteiger partial charge in [0.25, 0.3) is 6.71 Å². The molecule has 0 radical (unpaired) electrons. The molecule has 3 aliphatic heterocycles. The van der Waals surface area contributed by atoms with Crippen LogP contribution in [0.2, 0.25) is 0 Å². The van der Waals surface area contributed by atoms with Gasteiger partial charge in [-0.2, -0.15) is 0 Å². The van der Waals surface area contributed by atoms with Crippen molar-refractivity contribution in [1.29, 1.82) is 0 Å². The number of rotatable bonds is 5. The molecule has 2 unspecified atom stereocenters. The third-order valence-electron chi connectivity index (χ3n) is 23.2. The van der Waals surface area contributed by atoms with Crippen molar-refractivity contribution >= 4 is 68.6 Å². The molecule has 0 aromatic heterocycles. The minimum absolute atomic E-state index is 0.00116. The summed E-state index contributed by atoms with van der Waals surface area (Å²) in [5.41, 5.74) is 31.4. The maximum atomic E-state index is 2.93. The van der Waals surface area contributed by atoms with Gasteiger partial charge < -0.3 is 14.7 Å². The lowest BCUT2D eigenvalue weighted by Crippen LogP contribution is -2.64. The Kier molecular flexibility index (Phi) is 11.0. The lowest BCUT2D eigenvalue weighted by atomic mass is 9.33. The van der Waals surface area contributed by atoms with Crippen LogP contribution < -0.4 is 31.1 Å². The minimum atomic E-state index is -0.261. The highest BCUT2D eigenvalue weighted by Crippen LogP contribution is 2.64. The van der Waals surface area contributed by atoms with E-state index < -0.39 is 0 Å². The van der Waals surface area contributed by atoms with Gasteiger partial charge >= 0.3 is 0 Å².